The second-order valence-electron chi connectivity index (χ2n) is 3.97. The molecule has 0 saturated heterocycles. The first-order chi connectivity index (χ1) is 5.73. The van der Waals surface area contributed by atoms with E-state index in [2.05, 4.69) is 5.16 Å². The van der Waals surface area contributed by atoms with Gasteiger partial charge in [-0.05, 0) is 0 Å². The lowest BCUT2D eigenvalue weighted by molar-refractivity contribution is 0.310. The van der Waals surface area contributed by atoms with E-state index >= 15 is 0 Å². The first-order valence-electron chi connectivity index (χ1n) is 4.14. The van der Waals surface area contributed by atoms with Crippen molar-refractivity contribution in [3.63, 3.8) is 0 Å². The Hall–Kier alpha value is -0.580. The zero-order valence-corrected chi connectivity index (χ0v) is 9.35. The van der Waals surface area contributed by atoms with Crippen LogP contribution in [0.15, 0.2) is 5.16 Å². The van der Waals surface area contributed by atoms with Gasteiger partial charge in [0, 0.05) is 11.2 Å². The number of oxime groups is 1. The molecule has 0 heterocycles. The maximum Gasteiger partial charge on any atom is 0.155 e. The van der Waals surface area contributed by atoms with E-state index in [1.54, 1.807) is 6.92 Å². The molecule has 0 aromatic heterocycles. The summed E-state index contributed by atoms with van der Waals surface area (Å²) in [5.74, 6) is -0.0917. The number of hydrogen-bond donors (Lipinski definition) is 1. The summed E-state index contributed by atoms with van der Waals surface area (Å²) >= 11 is 0. The standard InChI is InChI=1S/C8H17NO3S/c1-5-13(11,12)6-7(9-10)8(2,3)4/h10H,5-6H2,1-4H3/b9-7-. The van der Waals surface area contributed by atoms with Crippen molar-refractivity contribution in [1.29, 1.82) is 0 Å². The van der Waals surface area contributed by atoms with Crippen molar-refractivity contribution in [2.24, 2.45) is 10.6 Å². The highest BCUT2D eigenvalue weighted by molar-refractivity contribution is 7.92. The summed E-state index contributed by atoms with van der Waals surface area (Å²) in [5.41, 5.74) is -0.105. The summed E-state index contributed by atoms with van der Waals surface area (Å²) in [5, 5.41) is 11.7. The molecule has 13 heavy (non-hydrogen) atoms. The minimum absolute atomic E-state index is 0.0715. The Bertz CT molecular complexity index is 285. The Balaban J connectivity index is 4.71. The predicted octanol–water partition coefficient (Wildman–Crippen LogP) is 1.30. The highest BCUT2D eigenvalue weighted by Gasteiger charge is 2.24. The smallest absolute Gasteiger partial charge is 0.155 e. The van der Waals surface area contributed by atoms with Gasteiger partial charge >= 0.3 is 0 Å². The van der Waals surface area contributed by atoms with E-state index < -0.39 is 15.3 Å². The van der Waals surface area contributed by atoms with Crippen LogP contribution in [-0.4, -0.2) is 30.8 Å². The van der Waals surface area contributed by atoms with Gasteiger partial charge in [0.05, 0.1) is 11.5 Å². The molecule has 0 spiro atoms. The maximum absolute atomic E-state index is 11.2. The van der Waals surface area contributed by atoms with E-state index in [1.807, 2.05) is 20.8 Å². The van der Waals surface area contributed by atoms with E-state index in [0.717, 1.165) is 0 Å². The average molecular weight is 207 g/mol. The number of rotatable bonds is 3. The van der Waals surface area contributed by atoms with Crippen LogP contribution in [0.2, 0.25) is 0 Å². The Labute approximate surface area is 79.6 Å². The van der Waals surface area contributed by atoms with Gasteiger partial charge < -0.3 is 5.21 Å². The number of sulfone groups is 1. The average Bonchev–Trinajstić information content (AvgIpc) is 1.98. The Morgan fingerprint density at radius 1 is 1.38 bits per heavy atom. The number of nitrogens with zero attached hydrogens (tertiary/aromatic N) is 1. The van der Waals surface area contributed by atoms with Crippen molar-refractivity contribution in [1.82, 2.24) is 0 Å². The Kier molecular flexibility index (Phi) is 3.90. The molecule has 0 aliphatic rings. The van der Waals surface area contributed by atoms with Crippen LogP contribution >= 0.6 is 0 Å². The molecule has 0 rings (SSSR count). The van der Waals surface area contributed by atoms with Crippen molar-refractivity contribution < 1.29 is 13.6 Å². The summed E-state index contributed by atoms with van der Waals surface area (Å²) < 4.78 is 22.4. The fourth-order valence-corrected chi connectivity index (χ4v) is 1.82. The first kappa shape index (κ1) is 12.4. The molecule has 0 radical (unpaired) electrons. The molecule has 0 fully saturated rings. The van der Waals surface area contributed by atoms with Crippen LogP contribution < -0.4 is 0 Å². The lowest BCUT2D eigenvalue weighted by Crippen LogP contribution is -2.29. The molecule has 0 unspecified atom stereocenters. The molecule has 0 amide bonds. The molecule has 78 valence electrons. The van der Waals surface area contributed by atoms with Gasteiger partial charge in [0.2, 0.25) is 0 Å². The third-order valence-electron chi connectivity index (χ3n) is 1.78. The van der Waals surface area contributed by atoms with E-state index in [1.165, 1.54) is 0 Å². The molecule has 5 heteroatoms. The minimum atomic E-state index is -3.10. The molecule has 0 aromatic rings. The summed E-state index contributed by atoms with van der Waals surface area (Å²) in [6, 6.07) is 0. The highest BCUT2D eigenvalue weighted by Crippen LogP contribution is 2.17. The van der Waals surface area contributed by atoms with Gasteiger partial charge in [-0.3, -0.25) is 0 Å². The molecule has 0 bridgehead atoms. The van der Waals surface area contributed by atoms with Crippen molar-refractivity contribution in [2.75, 3.05) is 11.5 Å². The summed E-state index contributed by atoms with van der Waals surface area (Å²) in [7, 11) is -3.10. The van der Waals surface area contributed by atoms with Gasteiger partial charge in [0.25, 0.3) is 0 Å². The van der Waals surface area contributed by atoms with Gasteiger partial charge in [-0.25, -0.2) is 8.42 Å². The monoisotopic (exact) mass is 207 g/mol. The zero-order chi connectivity index (χ0) is 10.7. The van der Waals surface area contributed by atoms with E-state index in [9.17, 15) is 8.42 Å². The molecule has 0 aliphatic carbocycles. The van der Waals surface area contributed by atoms with Crippen LogP contribution in [0.3, 0.4) is 0 Å². The van der Waals surface area contributed by atoms with Crippen LogP contribution in [0, 0.1) is 5.41 Å². The molecule has 0 aromatic carbocycles. The summed E-state index contributed by atoms with van der Waals surface area (Å²) in [6.45, 7) is 7.01. The SMILES string of the molecule is CCS(=O)(=O)C/C(=N/O)C(C)(C)C. The third kappa shape index (κ3) is 4.26. The van der Waals surface area contributed by atoms with Gasteiger partial charge in [0.15, 0.2) is 9.84 Å². The summed E-state index contributed by atoms with van der Waals surface area (Å²) in [4.78, 5) is 0. The first-order valence-corrected chi connectivity index (χ1v) is 5.97. The normalized spacial score (nSPS) is 14.6. The van der Waals surface area contributed by atoms with Crippen LogP contribution in [0.4, 0.5) is 0 Å². The molecule has 1 N–H and O–H groups in total. The van der Waals surface area contributed by atoms with Gasteiger partial charge in [-0.1, -0.05) is 32.9 Å². The van der Waals surface area contributed by atoms with Crippen molar-refractivity contribution in [2.45, 2.75) is 27.7 Å². The van der Waals surface area contributed by atoms with Crippen LogP contribution in [0.25, 0.3) is 0 Å². The predicted molar refractivity (Wildman–Crippen MR) is 53.0 cm³/mol. The van der Waals surface area contributed by atoms with E-state index in [-0.39, 0.29) is 11.5 Å². The highest BCUT2D eigenvalue weighted by atomic mass is 32.2. The fourth-order valence-electron chi connectivity index (χ4n) is 0.706. The lowest BCUT2D eigenvalue weighted by atomic mass is 9.91. The summed E-state index contributed by atoms with van der Waals surface area (Å²) in [6.07, 6.45) is 0. The van der Waals surface area contributed by atoms with Crippen molar-refractivity contribution >= 4 is 15.5 Å². The third-order valence-corrected chi connectivity index (χ3v) is 3.38. The molecule has 0 saturated carbocycles. The largest absolute Gasteiger partial charge is 0.411 e. The Morgan fingerprint density at radius 2 is 1.85 bits per heavy atom. The van der Waals surface area contributed by atoms with E-state index in [4.69, 9.17) is 5.21 Å². The van der Waals surface area contributed by atoms with Crippen molar-refractivity contribution in [3.8, 4) is 0 Å². The second-order valence-corrected chi connectivity index (χ2v) is 6.33. The molecular formula is C8H17NO3S. The topological polar surface area (TPSA) is 66.7 Å². The van der Waals surface area contributed by atoms with Gasteiger partial charge in [-0.15, -0.1) is 0 Å². The quantitative estimate of drug-likeness (QED) is 0.431. The van der Waals surface area contributed by atoms with Crippen LogP contribution in [0.5, 0.6) is 0 Å². The second kappa shape index (κ2) is 4.09. The molecular weight excluding hydrogens is 190 g/mol. The fraction of sp³-hybridized carbons (Fsp3) is 0.875. The zero-order valence-electron chi connectivity index (χ0n) is 8.53. The molecule has 0 aliphatic heterocycles. The van der Waals surface area contributed by atoms with Crippen LogP contribution in [0.1, 0.15) is 27.7 Å². The molecule has 0 atom stereocenters. The Morgan fingerprint density at radius 3 is 2.08 bits per heavy atom. The van der Waals surface area contributed by atoms with Crippen LogP contribution in [-0.2, 0) is 9.84 Å². The maximum atomic E-state index is 11.2. The van der Waals surface area contributed by atoms with E-state index in [0.29, 0.717) is 5.71 Å². The molecule has 4 nitrogen and oxygen atoms in total. The van der Waals surface area contributed by atoms with Gasteiger partial charge in [0.1, 0.15) is 0 Å². The number of hydrogen-bond acceptors (Lipinski definition) is 4. The minimum Gasteiger partial charge on any atom is -0.411 e. The lowest BCUT2D eigenvalue weighted by Gasteiger charge is -2.19. The van der Waals surface area contributed by atoms with Gasteiger partial charge in [-0.2, -0.15) is 0 Å². The van der Waals surface area contributed by atoms with Crippen molar-refractivity contribution in [3.05, 3.63) is 0 Å².